The zero-order valence-corrected chi connectivity index (χ0v) is 7.43. The van der Waals surface area contributed by atoms with Crippen molar-refractivity contribution in [2.45, 2.75) is 37.9 Å². The lowest BCUT2D eigenvalue weighted by Crippen LogP contribution is -2.32. The smallest absolute Gasteiger partial charge is 0.277 e. The van der Waals surface area contributed by atoms with Crippen molar-refractivity contribution >= 4 is 6.21 Å². The molecule has 2 aliphatic rings. The second-order valence-corrected chi connectivity index (χ2v) is 3.65. The first-order chi connectivity index (χ1) is 6.03. The number of hydroxylamine groups is 1. The molecule has 0 aromatic heterocycles. The molecule has 5 nitrogen and oxygen atoms in total. The van der Waals surface area contributed by atoms with Gasteiger partial charge in [0, 0.05) is 0 Å². The number of ether oxygens (including phenoxy) is 2. The summed E-state index contributed by atoms with van der Waals surface area (Å²) in [4.78, 5) is 0. The van der Waals surface area contributed by atoms with E-state index in [4.69, 9.17) is 14.7 Å². The highest BCUT2D eigenvalue weighted by Crippen LogP contribution is 2.32. The third-order valence-corrected chi connectivity index (χ3v) is 2.18. The van der Waals surface area contributed by atoms with E-state index in [0.29, 0.717) is 4.74 Å². The molecule has 0 aliphatic carbocycles. The van der Waals surface area contributed by atoms with E-state index in [-0.39, 0.29) is 6.10 Å². The molecule has 5 heteroatoms. The summed E-state index contributed by atoms with van der Waals surface area (Å²) in [6.45, 7) is 3.53. The zero-order valence-electron chi connectivity index (χ0n) is 7.43. The Labute approximate surface area is 75.8 Å². The van der Waals surface area contributed by atoms with Gasteiger partial charge in [0.05, 0.1) is 0 Å². The third-order valence-electron chi connectivity index (χ3n) is 2.18. The highest BCUT2D eigenvalue weighted by Gasteiger charge is 2.53. The molecule has 0 N–H and O–H groups in total. The number of hydrogen-bond donors (Lipinski definition) is 0. The summed E-state index contributed by atoms with van der Waals surface area (Å²) in [5, 5.41) is 19.8. The van der Waals surface area contributed by atoms with Gasteiger partial charge in [-0.3, -0.25) is 0 Å². The van der Waals surface area contributed by atoms with Crippen LogP contribution < -0.4 is 0 Å². The molecule has 0 aromatic carbocycles. The molecule has 70 valence electrons. The first kappa shape index (κ1) is 8.48. The lowest BCUT2D eigenvalue weighted by atomic mass is 10.1. The van der Waals surface area contributed by atoms with Crippen LogP contribution in [0.5, 0.6) is 0 Å². The van der Waals surface area contributed by atoms with Crippen molar-refractivity contribution in [1.29, 1.82) is 5.26 Å². The average Bonchev–Trinajstić information content (AvgIpc) is 2.39. The maximum atomic E-state index is 11.1. The van der Waals surface area contributed by atoms with E-state index in [1.807, 2.05) is 6.07 Å². The molecule has 0 spiro atoms. The van der Waals surface area contributed by atoms with E-state index in [9.17, 15) is 5.21 Å². The summed E-state index contributed by atoms with van der Waals surface area (Å²) in [6, 6.07) is 1.13. The van der Waals surface area contributed by atoms with Gasteiger partial charge in [-0.25, -0.2) is 0 Å². The van der Waals surface area contributed by atoms with Crippen LogP contribution >= 0.6 is 0 Å². The molecule has 0 bridgehead atoms. The Bertz CT molecular complexity index is 305. The lowest BCUT2D eigenvalue weighted by Gasteiger charge is -2.18. The highest BCUT2D eigenvalue weighted by atomic mass is 16.8. The van der Waals surface area contributed by atoms with Gasteiger partial charge in [0.25, 0.3) is 6.04 Å². The first-order valence-corrected chi connectivity index (χ1v) is 4.09. The van der Waals surface area contributed by atoms with Crippen molar-refractivity contribution in [2.75, 3.05) is 0 Å². The van der Waals surface area contributed by atoms with Gasteiger partial charge < -0.3 is 14.7 Å². The quantitative estimate of drug-likeness (QED) is 0.390. The minimum absolute atomic E-state index is 0.378. The highest BCUT2D eigenvalue weighted by molar-refractivity contribution is 5.62. The van der Waals surface area contributed by atoms with Crippen LogP contribution in [-0.4, -0.2) is 35.0 Å². The molecule has 0 saturated carbocycles. The largest absolute Gasteiger partial charge is 0.623 e. The number of fused-ring (bicyclic) bond motifs is 1. The van der Waals surface area contributed by atoms with Crippen molar-refractivity contribution in [3.63, 3.8) is 0 Å². The SMILES string of the molecule is CC1(C)O[C@H]2[C@@H](C#N)[N+]([O-])=C[C@H]2O1. The predicted octanol–water partition coefficient (Wildman–Crippen LogP) is -0.00662. The summed E-state index contributed by atoms with van der Waals surface area (Å²) in [7, 11) is 0. The predicted molar refractivity (Wildman–Crippen MR) is 42.9 cm³/mol. The van der Waals surface area contributed by atoms with Gasteiger partial charge in [-0.2, -0.15) is 10.0 Å². The molecule has 3 atom stereocenters. The van der Waals surface area contributed by atoms with Crippen molar-refractivity contribution in [2.24, 2.45) is 0 Å². The van der Waals surface area contributed by atoms with E-state index in [2.05, 4.69) is 0 Å². The summed E-state index contributed by atoms with van der Waals surface area (Å²) in [5.74, 6) is -0.692. The van der Waals surface area contributed by atoms with Crippen LogP contribution in [0, 0.1) is 16.5 Å². The molecule has 2 aliphatic heterocycles. The fraction of sp³-hybridized carbons (Fsp3) is 0.750. The summed E-state index contributed by atoms with van der Waals surface area (Å²) in [6.07, 6.45) is 0.530. The summed E-state index contributed by atoms with van der Waals surface area (Å²) in [5.41, 5.74) is 0. The van der Waals surface area contributed by atoms with Gasteiger partial charge >= 0.3 is 0 Å². The molecule has 0 radical (unpaired) electrons. The molecule has 2 rings (SSSR count). The summed E-state index contributed by atoms with van der Waals surface area (Å²) >= 11 is 0. The molecular weight excluding hydrogens is 172 g/mol. The van der Waals surface area contributed by atoms with E-state index in [1.165, 1.54) is 6.21 Å². The molecule has 13 heavy (non-hydrogen) atoms. The van der Waals surface area contributed by atoms with E-state index in [0.717, 1.165) is 0 Å². The van der Waals surface area contributed by atoms with Crippen LogP contribution in [0.15, 0.2) is 0 Å². The first-order valence-electron chi connectivity index (χ1n) is 4.09. The number of nitriles is 1. The normalized spacial score (nSPS) is 41.0. The standard InChI is InChI=1S/C8H10N2O3/c1-8(2)12-6-4-10(11)5(3-9)7(6)13-8/h4-7H,1-2H3/t5-,6-,7+/m1/s1. The van der Waals surface area contributed by atoms with Crippen LogP contribution in [0.2, 0.25) is 0 Å². The van der Waals surface area contributed by atoms with Crippen LogP contribution in [0.1, 0.15) is 13.8 Å². The molecule has 1 saturated heterocycles. The molecule has 0 aromatic rings. The molecule has 1 fully saturated rings. The van der Waals surface area contributed by atoms with Gasteiger partial charge in [0.1, 0.15) is 6.07 Å². The Hall–Kier alpha value is -1.12. The van der Waals surface area contributed by atoms with Gasteiger partial charge in [-0.15, -0.1) is 0 Å². The van der Waals surface area contributed by atoms with Crippen LogP contribution in [0.4, 0.5) is 0 Å². The molecule has 0 amide bonds. The number of rotatable bonds is 0. The van der Waals surface area contributed by atoms with Gasteiger partial charge in [-0.1, -0.05) is 0 Å². The van der Waals surface area contributed by atoms with Crippen molar-refractivity contribution in [1.82, 2.24) is 0 Å². The molecule has 2 heterocycles. The number of nitrogens with zero attached hydrogens (tertiary/aromatic N) is 2. The van der Waals surface area contributed by atoms with Gasteiger partial charge in [0.15, 0.2) is 24.2 Å². The van der Waals surface area contributed by atoms with Gasteiger partial charge in [0.2, 0.25) is 0 Å². The van der Waals surface area contributed by atoms with Crippen LogP contribution in [0.25, 0.3) is 0 Å². The summed E-state index contributed by atoms with van der Waals surface area (Å²) < 4.78 is 11.4. The van der Waals surface area contributed by atoms with Crippen molar-refractivity contribution in [3.05, 3.63) is 5.21 Å². The van der Waals surface area contributed by atoms with Gasteiger partial charge in [-0.05, 0) is 13.8 Å². The Kier molecular flexibility index (Phi) is 1.59. The second-order valence-electron chi connectivity index (χ2n) is 3.65. The number of hydrogen-bond acceptors (Lipinski definition) is 4. The second kappa shape index (κ2) is 2.44. The topological polar surface area (TPSA) is 68.3 Å². The van der Waals surface area contributed by atoms with Crippen molar-refractivity contribution < 1.29 is 14.2 Å². The minimum Gasteiger partial charge on any atom is -0.623 e. The Morgan fingerprint density at radius 3 is 2.85 bits per heavy atom. The monoisotopic (exact) mass is 182 g/mol. The van der Waals surface area contributed by atoms with E-state index in [1.54, 1.807) is 13.8 Å². The fourth-order valence-corrected chi connectivity index (χ4v) is 1.69. The third kappa shape index (κ3) is 1.19. The zero-order chi connectivity index (χ0) is 9.64. The minimum atomic E-state index is -0.772. The van der Waals surface area contributed by atoms with E-state index < -0.39 is 17.9 Å². The molecular formula is C8H10N2O3. The van der Waals surface area contributed by atoms with Crippen molar-refractivity contribution in [3.8, 4) is 6.07 Å². The fourth-order valence-electron chi connectivity index (χ4n) is 1.69. The average molecular weight is 182 g/mol. The Morgan fingerprint density at radius 1 is 1.54 bits per heavy atom. The maximum Gasteiger partial charge on any atom is 0.277 e. The maximum absolute atomic E-state index is 11.1. The van der Waals surface area contributed by atoms with E-state index >= 15 is 0 Å². The lowest BCUT2D eigenvalue weighted by molar-refractivity contribution is -0.484. The van der Waals surface area contributed by atoms with Crippen LogP contribution in [0.3, 0.4) is 0 Å². The Balaban J connectivity index is 2.24. The van der Waals surface area contributed by atoms with Crippen LogP contribution in [-0.2, 0) is 9.47 Å². The molecule has 0 unspecified atom stereocenters. The Morgan fingerprint density at radius 2 is 2.23 bits per heavy atom.